The molecule has 0 aliphatic carbocycles. The molecule has 10 heteroatoms. The summed E-state index contributed by atoms with van der Waals surface area (Å²) < 4.78 is 10.9. The Balaban J connectivity index is 1.23. The zero-order chi connectivity index (χ0) is 24.4. The van der Waals surface area contributed by atoms with E-state index in [-0.39, 0.29) is 6.04 Å². The Kier molecular flexibility index (Phi) is 6.74. The SMILES string of the molecule is CCC1c2cccc(OC)c2N=C(N)N1/N=C(\N)CCN1Cc2ccc(N3CCOCC3)nc2C1. The van der Waals surface area contributed by atoms with E-state index >= 15 is 0 Å². The standard InChI is InChI=1S/C25H34N8O2/c1-3-20-18-5-4-6-21(34-2)24(18)29-25(27)33(20)30-22(26)9-10-31-15-17-7-8-23(28-19(17)16-31)32-11-13-35-14-12-32/h4-8,20H,3,9-16H2,1-2H3,(H2,26,30)(H2,27,29). The fourth-order valence-corrected chi connectivity index (χ4v) is 4.96. The van der Waals surface area contributed by atoms with Crippen molar-refractivity contribution in [3.8, 4) is 5.75 Å². The molecule has 10 nitrogen and oxygen atoms in total. The lowest BCUT2D eigenvalue weighted by Gasteiger charge is -2.33. The van der Waals surface area contributed by atoms with Crippen molar-refractivity contribution >= 4 is 23.3 Å². The van der Waals surface area contributed by atoms with Crippen LogP contribution in [0.1, 0.15) is 42.6 Å². The van der Waals surface area contributed by atoms with E-state index in [2.05, 4.69) is 39.0 Å². The number of amidine groups is 1. The normalized spacial score (nSPS) is 20.5. The van der Waals surface area contributed by atoms with Crippen molar-refractivity contribution in [2.75, 3.05) is 44.9 Å². The van der Waals surface area contributed by atoms with Crippen molar-refractivity contribution < 1.29 is 9.47 Å². The van der Waals surface area contributed by atoms with Gasteiger partial charge in [0.2, 0.25) is 5.96 Å². The molecule has 4 N–H and O–H groups in total. The summed E-state index contributed by atoms with van der Waals surface area (Å²) in [6, 6.07) is 10.2. The number of morpholine rings is 1. The number of methoxy groups -OCH3 is 1. The molecule has 5 rings (SSSR count). The molecule has 35 heavy (non-hydrogen) atoms. The number of pyridine rings is 1. The number of hydrogen-bond acceptors (Lipinski definition) is 9. The van der Waals surface area contributed by atoms with Gasteiger partial charge in [0.15, 0.2) is 0 Å². The van der Waals surface area contributed by atoms with Crippen molar-refractivity contribution in [1.29, 1.82) is 0 Å². The van der Waals surface area contributed by atoms with Crippen LogP contribution in [0, 0.1) is 0 Å². The number of aromatic nitrogens is 1. The van der Waals surface area contributed by atoms with E-state index in [1.807, 2.05) is 18.2 Å². The lowest BCUT2D eigenvalue weighted by molar-refractivity contribution is 0.122. The topological polar surface area (TPSA) is 118 Å². The quantitative estimate of drug-likeness (QED) is 0.460. The number of anilines is 1. The minimum atomic E-state index is -0.0463. The van der Waals surface area contributed by atoms with Gasteiger partial charge in [-0.1, -0.05) is 25.1 Å². The summed E-state index contributed by atoms with van der Waals surface area (Å²) in [6.45, 7) is 7.88. The van der Waals surface area contributed by atoms with Gasteiger partial charge in [0.25, 0.3) is 0 Å². The number of nitrogens with zero attached hydrogens (tertiary/aromatic N) is 6. The zero-order valence-electron chi connectivity index (χ0n) is 20.5. The molecular formula is C25H34N8O2. The maximum atomic E-state index is 6.38. The second kappa shape index (κ2) is 10.1. The molecule has 2 aromatic rings. The van der Waals surface area contributed by atoms with E-state index in [1.165, 1.54) is 5.56 Å². The van der Waals surface area contributed by atoms with Gasteiger partial charge in [-0.15, -0.1) is 0 Å². The molecule has 1 atom stereocenters. The third kappa shape index (κ3) is 4.76. The van der Waals surface area contributed by atoms with Crippen LogP contribution in [-0.4, -0.2) is 66.6 Å². The first-order valence-corrected chi connectivity index (χ1v) is 12.2. The number of fused-ring (bicyclic) bond motifs is 2. The summed E-state index contributed by atoms with van der Waals surface area (Å²) in [5, 5.41) is 6.42. The Morgan fingerprint density at radius 1 is 1.20 bits per heavy atom. The minimum Gasteiger partial charge on any atom is -0.494 e. The summed E-state index contributed by atoms with van der Waals surface area (Å²) in [4.78, 5) is 14.1. The second-order valence-corrected chi connectivity index (χ2v) is 9.06. The summed E-state index contributed by atoms with van der Waals surface area (Å²) >= 11 is 0. The molecule has 0 amide bonds. The monoisotopic (exact) mass is 478 g/mol. The molecule has 186 valence electrons. The number of hydrazone groups is 1. The number of benzene rings is 1. The first-order chi connectivity index (χ1) is 17.1. The van der Waals surface area contributed by atoms with E-state index in [1.54, 1.807) is 12.1 Å². The predicted molar refractivity (Wildman–Crippen MR) is 137 cm³/mol. The van der Waals surface area contributed by atoms with Crippen LogP contribution in [-0.2, 0) is 17.8 Å². The highest BCUT2D eigenvalue weighted by Gasteiger charge is 2.30. The van der Waals surface area contributed by atoms with Crippen LogP contribution >= 0.6 is 0 Å². The maximum Gasteiger partial charge on any atom is 0.218 e. The molecular weight excluding hydrogens is 444 g/mol. The van der Waals surface area contributed by atoms with Gasteiger partial charge >= 0.3 is 0 Å². The fourth-order valence-electron chi connectivity index (χ4n) is 4.96. The molecule has 3 aliphatic rings. The van der Waals surface area contributed by atoms with E-state index in [4.69, 9.17) is 25.9 Å². The molecule has 1 saturated heterocycles. The van der Waals surface area contributed by atoms with Gasteiger partial charge in [-0.3, -0.25) is 4.90 Å². The third-order valence-electron chi connectivity index (χ3n) is 6.83. The molecule has 1 aromatic carbocycles. The number of hydrogen-bond donors (Lipinski definition) is 2. The molecule has 1 fully saturated rings. The number of ether oxygens (including phenoxy) is 2. The lowest BCUT2D eigenvalue weighted by Crippen LogP contribution is -2.40. The molecule has 1 unspecified atom stereocenters. The Labute approximate surface area is 206 Å². The minimum absolute atomic E-state index is 0.0463. The second-order valence-electron chi connectivity index (χ2n) is 9.06. The Bertz CT molecular complexity index is 1130. The van der Waals surface area contributed by atoms with Gasteiger partial charge in [-0.2, -0.15) is 5.10 Å². The Morgan fingerprint density at radius 3 is 2.80 bits per heavy atom. The van der Waals surface area contributed by atoms with Gasteiger partial charge in [0.05, 0.1) is 32.1 Å². The number of nitrogens with two attached hydrogens (primary N) is 2. The highest BCUT2D eigenvalue weighted by atomic mass is 16.5. The molecule has 0 bridgehead atoms. The summed E-state index contributed by atoms with van der Waals surface area (Å²) in [7, 11) is 1.64. The van der Waals surface area contributed by atoms with Crippen molar-refractivity contribution in [2.24, 2.45) is 21.6 Å². The maximum absolute atomic E-state index is 6.38. The highest BCUT2D eigenvalue weighted by molar-refractivity contribution is 5.88. The molecule has 0 saturated carbocycles. The molecule has 4 heterocycles. The smallest absolute Gasteiger partial charge is 0.218 e. The first-order valence-electron chi connectivity index (χ1n) is 12.2. The van der Waals surface area contributed by atoms with E-state index in [0.717, 1.165) is 75.1 Å². The number of rotatable bonds is 7. The van der Waals surface area contributed by atoms with E-state index in [9.17, 15) is 0 Å². The predicted octanol–water partition coefficient (Wildman–Crippen LogP) is 2.32. The van der Waals surface area contributed by atoms with Gasteiger partial charge in [-0.25, -0.2) is 15.0 Å². The molecule has 3 aliphatic heterocycles. The van der Waals surface area contributed by atoms with Crippen molar-refractivity contribution in [1.82, 2.24) is 14.9 Å². The van der Waals surface area contributed by atoms with Crippen LogP contribution < -0.4 is 21.1 Å². The average molecular weight is 479 g/mol. The van der Waals surface area contributed by atoms with Crippen molar-refractivity contribution in [3.63, 3.8) is 0 Å². The molecule has 0 spiro atoms. The number of guanidine groups is 1. The van der Waals surface area contributed by atoms with Crippen molar-refractivity contribution in [3.05, 3.63) is 47.2 Å². The van der Waals surface area contributed by atoms with Crippen LogP contribution in [0.2, 0.25) is 0 Å². The molecule has 0 radical (unpaired) electrons. The van der Waals surface area contributed by atoms with Crippen LogP contribution in [0.5, 0.6) is 5.75 Å². The average Bonchev–Trinajstić information content (AvgIpc) is 3.30. The van der Waals surface area contributed by atoms with Crippen LogP contribution in [0.15, 0.2) is 40.4 Å². The summed E-state index contributed by atoms with van der Waals surface area (Å²) in [6.07, 6.45) is 1.45. The summed E-state index contributed by atoms with van der Waals surface area (Å²) in [5.74, 6) is 2.60. The van der Waals surface area contributed by atoms with Gasteiger partial charge in [0.1, 0.15) is 23.1 Å². The fraction of sp³-hybridized carbons (Fsp3) is 0.480. The van der Waals surface area contributed by atoms with E-state index < -0.39 is 0 Å². The Morgan fingerprint density at radius 2 is 2.03 bits per heavy atom. The van der Waals surface area contributed by atoms with Gasteiger partial charge in [0, 0.05) is 44.7 Å². The number of aliphatic imine (C=N–C) groups is 1. The highest BCUT2D eigenvalue weighted by Crippen LogP contribution is 2.41. The van der Waals surface area contributed by atoms with Crippen LogP contribution in [0.4, 0.5) is 11.5 Å². The zero-order valence-corrected chi connectivity index (χ0v) is 20.5. The van der Waals surface area contributed by atoms with Crippen LogP contribution in [0.25, 0.3) is 0 Å². The Hall–Kier alpha value is -3.37. The van der Waals surface area contributed by atoms with Gasteiger partial charge in [-0.05, 0) is 24.1 Å². The first kappa shape index (κ1) is 23.4. The summed E-state index contributed by atoms with van der Waals surface area (Å²) in [5.41, 5.74) is 16.9. The largest absolute Gasteiger partial charge is 0.494 e. The third-order valence-corrected chi connectivity index (χ3v) is 6.83. The van der Waals surface area contributed by atoms with Crippen molar-refractivity contribution in [2.45, 2.75) is 38.9 Å². The molecule has 1 aromatic heterocycles. The van der Waals surface area contributed by atoms with E-state index in [0.29, 0.717) is 24.0 Å². The number of para-hydroxylation sites is 1. The van der Waals surface area contributed by atoms with Crippen LogP contribution in [0.3, 0.4) is 0 Å². The van der Waals surface area contributed by atoms with Gasteiger partial charge < -0.3 is 25.8 Å². The lowest BCUT2D eigenvalue weighted by atomic mass is 10.00.